The standard InChI is InChI=1S/C13H20ClN3O/c1-2-17-10-11(9-15-17)12(14)13(18)16-7-5-3-4-6-8-16/h9-10,12H,2-8H2,1H3. The first-order valence-electron chi connectivity index (χ1n) is 6.67. The fraction of sp³-hybridized carbons (Fsp3) is 0.692. The highest BCUT2D eigenvalue weighted by Crippen LogP contribution is 2.24. The molecule has 1 aromatic heterocycles. The average Bonchev–Trinajstić information content (AvgIpc) is 2.71. The van der Waals surface area contributed by atoms with Gasteiger partial charge in [0.1, 0.15) is 5.38 Å². The summed E-state index contributed by atoms with van der Waals surface area (Å²) in [6, 6.07) is 0. The number of hydrogen-bond acceptors (Lipinski definition) is 2. The Balaban J connectivity index is 2.02. The molecule has 0 spiro atoms. The highest BCUT2D eigenvalue weighted by molar-refractivity contribution is 6.30. The van der Waals surface area contributed by atoms with Gasteiger partial charge in [0, 0.05) is 31.4 Å². The van der Waals surface area contributed by atoms with E-state index in [9.17, 15) is 4.79 Å². The highest BCUT2D eigenvalue weighted by atomic mass is 35.5. The van der Waals surface area contributed by atoms with Gasteiger partial charge in [0.25, 0.3) is 0 Å². The van der Waals surface area contributed by atoms with Crippen molar-refractivity contribution in [3.8, 4) is 0 Å². The number of likely N-dealkylation sites (tertiary alicyclic amines) is 1. The largest absolute Gasteiger partial charge is 0.341 e. The molecule has 1 aromatic rings. The SMILES string of the molecule is CCn1cc(C(Cl)C(=O)N2CCCCCC2)cn1. The van der Waals surface area contributed by atoms with Crippen molar-refractivity contribution in [2.75, 3.05) is 13.1 Å². The van der Waals surface area contributed by atoms with E-state index in [-0.39, 0.29) is 5.91 Å². The van der Waals surface area contributed by atoms with Crippen molar-refractivity contribution >= 4 is 17.5 Å². The second-order valence-electron chi connectivity index (χ2n) is 4.73. The van der Waals surface area contributed by atoms with Crippen LogP contribution in [0.3, 0.4) is 0 Å². The number of amides is 1. The van der Waals surface area contributed by atoms with E-state index < -0.39 is 5.38 Å². The molecular formula is C13H20ClN3O. The second kappa shape index (κ2) is 6.23. The lowest BCUT2D eigenvalue weighted by Gasteiger charge is -2.22. The lowest BCUT2D eigenvalue weighted by atomic mass is 10.2. The number of hydrogen-bond donors (Lipinski definition) is 0. The van der Waals surface area contributed by atoms with Crippen LogP contribution in [0.1, 0.15) is 43.5 Å². The van der Waals surface area contributed by atoms with Crippen molar-refractivity contribution < 1.29 is 4.79 Å². The van der Waals surface area contributed by atoms with Gasteiger partial charge in [-0.05, 0) is 19.8 Å². The van der Waals surface area contributed by atoms with Crippen molar-refractivity contribution in [2.45, 2.75) is 44.5 Å². The summed E-state index contributed by atoms with van der Waals surface area (Å²) in [5.74, 6) is 0.0224. The van der Waals surface area contributed by atoms with Gasteiger partial charge in [-0.1, -0.05) is 12.8 Å². The quantitative estimate of drug-likeness (QED) is 0.791. The lowest BCUT2D eigenvalue weighted by molar-refractivity contribution is -0.130. The molecule has 2 rings (SSSR count). The predicted molar refractivity (Wildman–Crippen MR) is 71.5 cm³/mol. The number of nitrogens with zero attached hydrogens (tertiary/aromatic N) is 3. The molecule has 1 aliphatic heterocycles. The number of aryl methyl sites for hydroxylation is 1. The first-order chi connectivity index (χ1) is 8.72. The molecule has 100 valence electrons. The van der Waals surface area contributed by atoms with Gasteiger partial charge in [0.05, 0.1) is 6.20 Å². The lowest BCUT2D eigenvalue weighted by Crippen LogP contribution is -2.34. The molecule has 1 fully saturated rings. The number of carbonyl (C=O) groups excluding carboxylic acids is 1. The summed E-state index contributed by atoms with van der Waals surface area (Å²) < 4.78 is 1.79. The smallest absolute Gasteiger partial charge is 0.245 e. The molecule has 0 aromatic carbocycles. The molecule has 0 saturated carbocycles. The van der Waals surface area contributed by atoms with Crippen LogP contribution in [-0.2, 0) is 11.3 Å². The predicted octanol–water partition coefficient (Wildman–Crippen LogP) is 2.59. The van der Waals surface area contributed by atoms with E-state index in [2.05, 4.69) is 5.10 Å². The molecule has 4 nitrogen and oxygen atoms in total. The average molecular weight is 270 g/mol. The number of halogens is 1. The monoisotopic (exact) mass is 269 g/mol. The molecule has 1 saturated heterocycles. The Bertz CT molecular complexity index is 397. The maximum atomic E-state index is 12.3. The summed E-state index contributed by atoms with van der Waals surface area (Å²) in [7, 11) is 0. The zero-order chi connectivity index (χ0) is 13.0. The van der Waals surface area contributed by atoms with E-state index >= 15 is 0 Å². The van der Waals surface area contributed by atoms with Gasteiger partial charge in [-0.3, -0.25) is 9.48 Å². The van der Waals surface area contributed by atoms with E-state index in [0.29, 0.717) is 0 Å². The van der Waals surface area contributed by atoms with E-state index in [4.69, 9.17) is 11.6 Å². The minimum atomic E-state index is -0.594. The van der Waals surface area contributed by atoms with Crippen molar-refractivity contribution in [2.24, 2.45) is 0 Å². The summed E-state index contributed by atoms with van der Waals surface area (Å²) in [5, 5.41) is 3.57. The van der Waals surface area contributed by atoms with E-state index in [1.165, 1.54) is 12.8 Å². The molecule has 2 heterocycles. The van der Waals surface area contributed by atoms with Crippen LogP contribution < -0.4 is 0 Å². The van der Waals surface area contributed by atoms with Gasteiger partial charge in [-0.15, -0.1) is 11.6 Å². The van der Waals surface area contributed by atoms with Crippen LogP contribution in [0, 0.1) is 0 Å². The Morgan fingerprint density at radius 1 is 1.39 bits per heavy atom. The van der Waals surface area contributed by atoms with Gasteiger partial charge in [-0.25, -0.2) is 0 Å². The molecule has 1 aliphatic rings. The van der Waals surface area contributed by atoms with Gasteiger partial charge >= 0.3 is 0 Å². The maximum absolute atomic E-state index is 12.3. The fourth-order valence-corrected chi connectivity index (χ4v) is 2.53. The Hall–Kier alpha value is -1.03. The maximum Gasteiger partial charge on any atom is 0.245 e. The summed E-state index contributed by atoms with van der Waals surface area (Å²) >= 11 is 6.27. The first-order valence-corrected chi connectivity index (χ1v) is 7.11. The van der Waals surface area contributed by atoms with Crippen LogP contribution in [0.2, 0.25) is 0 Å². The molecule has 5 heteroatoms. The molecule has 1 amide bonds. The summed E-state index contributed by atoms with van der Waals surface area (Å²) in [6.45, 7) is 4.48. The Labute approximate surface area is 113 Å². The number of carbonyl (C=O) groups is 1. The zero-order valence-electron chi connectivity index (χ0n) is 10.8. The van der Waals surface area contributed by atoms with Gasteiger partial charge < -0.3 is 4.90 Å². The molecule has 1 atom stereocenters. The minimum absolute atomic E-state index is 0.0224. The molecule has 0 N–H and O–H groups in total. The van der Waals surface area contributed by atoms with Crippen LogP contribution in [0.4, 0.5) is 0 Å². The third-order valence-electron chi connectivity index (χ3n) is 3.40. The van der Waals surface area contributed by atoms with Gasteiger partial charge in [-0.2, -0.15) is 5.10 Å². The van der Waals surface area contributed by atoms with Gasteiger partial charge in [0.2, 0.25) is 5.91 Å². The van der Waals surface area contributed by atoms with Crippen molar-refractivity contribution in [1.82, 2.24) is 14.7 Å². The number of aromatic nitrogens is 2. The molecule has 0 radical (unpaired) electrons. The van der Waals surface area contributed by atoms with Crippen LogP contribution in [-0.4, -0.2) is 33.7 Å². The minimum Gasteiger partial charge on any atom is -0.341 e. The van der Waals surface area contributed by atoms with Crippen LogP contribution >= 0.6 is 11.6 Å². The molecule has 0 aliphatic carbocycles. The Morgan fingerprint density at radius 3 is 2.61 bits per heavy atom. The third-order valence-corrected chi connectivity index (χ3v) is 3.84. The van der Waals surface area contributed by atoms with Crippen LogP contribution in [0.15, 0.2) is 12.4 Å². The topological polar surface area (TPSA) is 38.1 Å². The Morgan fingerprint density at radius 2 is 2.06 bits per heavy atom. The summed E-state index contributed by atoms with van der Waals surface area (Å²) in [5.41, 5.74) is 0.799. The second-order valence-corrected chi connectivity index (χ2v) is 5.17. The summed E-state index contributed by atoms with van der Waals surface area (Å²) in [6.07, 6.45) is 8.15. The first kappa shape index (κ1) is 13.4. The summed E-state index contributed by atoms with van der Waals surface area (Å²) in [4.78, 5) is 14.2. The fourth-order valence-electron chi connectivity index (χ4n) is 2.28. The van der Waals surface area contributed by atoms with Crippen molar-refractivity contribution in [3.63, 3.8) is 0 Å². The van der Waals surface area contributed by atoms with Crippen molar-refractivity contribution in [3.05, 3.63) is 18.0 Å². The van der Waals surface area contributed by atoms with E-state index in [1.54, 1.807) is 10.9 Å². The molecule has 1 unspecified atom stereocenters. The zero-order valence-corrected chi connectivity index (χ0v) is 11.6. The third kappa shape index (κ3) is 3.05. The highest BCUT2D eigenvalue weighted by Gasteiger charge is 2.25. The van der Waals surface area contributed by atoms with Crippen LogP contribution in [0.25, 0.3) is 0 Å². The van der Waals surface area contributed by atoms with Crippen LogP contribution in [0.5, 0.6) is 0 Å². The number of rotatable bonds is 3. The number of alkyl halides is 1. The van der Waals surface area contributed by atoms with Gasteiger partial charge in [0.15, 0.2) is 0 Å². The normalized spacial score (nSPS) is 18.4. The molecule has 0 bridgehead atoms. The molecule has 18 heavy (non-hydrogen) atoms. The van der Waals surface area contributed by atoms with E-state index in [1.807, 2.05) is 18.0 Å². The van der Waals surface area contributed by atoms with Crippen molar-refractivity contribution in [1.29, 1.82) is 0 Å². The Kier molecular flexibility index (Phi) is 4.64. The molecular weight excluding hydrogens is 250 g/mol. The van der Waals surface area contributed by atoms with E-state index in [0.717, 1.165) is 38.0 Å².